The molecule has 0 bridgehead atoms. The van der Waals surface area contributed by atoms with Gasteiger partial charge in [-0.25, -0.2) is 0 Å². The van der Waals surface area contributed by atoms with Crippen LogP contribution in [-0.2, 0) is 22.6 Å². The summed E-state index contributed by atoms with van der Waals surface area (Å²) in [6.07, 6.45) is 2.76. The zero-order valence-electron chi connectivity index (χ0n) is 17.3. The van der Waals surface area contributed by atoms with Crippen LogP contribution in [0.25, 0.3) is 0 Å². The van der Waals surface area contributed by atoms with E-state index in [4.69, 9.17) is 4.42 Å². The van der Waals surface area contributed by atoms with E-state index in [2.05, 4.69) is 6.92 Å². The molecule has 1 atom stereocenters. The lowest BCUT2D eigenvalue weighted by atomic mass is 10.1. The van der Waals surface area contributed by atoms with E-state index in [1.807, 2.05) is 30.3 Å². The first-order valence-corrected chi connectivity index (χ1v) is 10.5. The van der Waals surface area contributed by atoms with Crippen molar-refractivity contribution in [2.24, 2.45) is 5.92 Å². The molecule has 1 aromatic carbocycles. The minimum atomic E-state index is -0.323. The molecule has 2 saturated heterocycles. The average molecular weight is 409 g/mol. The van der Waals surface area contributed by atoms with Crippen LogP contribution >= 0.6 is 0 Å². The van der Waals surface area contributed by atoms with E-state index >= 15 is 0 Å². The lowest BCUT2D eigenvalue weighted by molar-refractivity contribution is -0.137. The molecular weight excluding hydrogens is 382 g/mol. The fourth-order valence-electron chi connectivity index (χ4n) is 4.13. The van der Waals surface area contributed by atoms with E-state index in [-0.39, 0.29) is 30.1 Å². The van der Waals surface area contributed by atoms with Crippen LogP contribution in [0.5, 0.6) is 0 Å². The standard InChI is InChI=1S/C23H27N3O4/c1-2-17-5-7-18(8-6-17)22(28)24-9-11-25(12-10-24)23(29)19-14-21(27)26(15-19)16-20-4-3-13-30-20/h3-8,13,19H,2,9-12,14-16H2,1H3. The number of amides is 3. The van der Waals surface area contributed by atoms with Gasteiger partial charge in [0.15, 0.2) is 0 Å². The van der Waals surface area contributed by atoms with Crippen molar-refractivity contribution in [3.8, 4) is 0 Å². The summed E-state index contributed by atoms with van der Waals surface area (Å²) < 4.78 is 5.31. The zero-order chi connectivity index (χ0) is 21.1. The Labute approximate surface area is 176 Å². The fourth-order valence-corrected chi connectivity index (χ4v) is 4.13. The Balaban J connectivity index is 1.29. The molecule has 0 N–H and O–H groups in total. The molecule has 7 heteroatoms. The van der Waals surface area contributed by atoms with Crippen LogP contribution < -0.4 is 0 Å². The summed E-state index contributed by atoms with van der Waals surface area (Å²) in [5, 5.41) is 0. The topological polar surface area (TPSA) is 74.1 Å². The van der Waals surface area contributed by atoms with Crippen LogP contribution in [0, 0.1) is 5.92 Å². The molecule has 2 fully saturated rings. The predicted octanol–water partition coefficient (Wildman–Crippen LogP) is 2.18. The summed E-state index contributed by atoms with van der Waals surface area (Å²) in [6.45, 7) is 4.92. The third kappa shape index (κ3) is 4.25. The fraction of sp³-hybridized carbons (Fsp3) is 0.435. The van der Waals surface area contributed by atoms with Gasteiger partial charge in [-0.05, 0) is 36.2 Å². The number of hydrogen-bond donors (Lipinski definition) is 0. The van der Waals surface area contributed by atoms with E-state index in [9.17, 15) is 14.4 Å². The smallest absolute Gasteiger partial charge is 0.253 e. The molecule has 2 aromatic rings. The quantitative estimate of drug-likeness (QED) is 0.759. The zero-order valence-corrected chi connectivity index (χ0v) is 17.3. The highest BCUT2D eigenvalue weighted by Gasteiger charge is 2.37. The van der Waals surface area contributed by atoms with Crippen molar-refractivity contribution in [1.29, 1.82) is 0 Å². The number of carbonyl (C=O) groups excluding carboxylic acids is 3. The second-order valence-electron chi connectivity index (χ2n) is 7.92. The first kappa shape index (κ1) is 20.2. The lowest BCUT2D eigenvalue weighted by Gasteiger charge is -2.36. The van der Waals surface area contributed by atoms with Gasteiger partial charge in [0.2, 0.25) is 11.8 Å². The normalized spacial score (nSPS) is 19.4. The first-order chi connectivity index (χ1) is 14.5. The van der Waals surface area contributed by atoms with Gasteiger partial charge in [0.05, 0.1) is 18.7 Å². The van der Waals surface area contributed by atoms with E-state index in [1.165, 1.54) is 5.56 Å². The molecule has 1 aromatic heterocycles. The van der Waals surface area contributed by atoms with Crippen molar-refractivity contribution >= 4 is 17.7 Å². The molecule has 0 aliphatic carbocycles. The number of carbonyl (C=O) groups is 3. The second-order valence-corrected chi connectivity index (χ2v) is 7.92. The molecule has 7 nitrogen and oxygen atoms in total. The number of aryl methyl sites for hydroxylation is 1. The number of likely N-dealkylation sites (tertiary alicyclic amines) is 1. The summed E-state index contributed by atoms with van der Waals surface area (Å²) in [7, 11) is 0. The first-order valence-electron chi connectivity index (χ1n) is 10.5. The van der Waals surface area contributed by atoms with Crippen LogP contribution in [0.2, 0.25) is 0 Å². The Bertz CT molecular complexity index is 899. The summed E-state index contributed by atoms with van der Waals surface area (Å²) in [5.74, 6) is 0.385. The Morgan fingerprint density at radius 3 is 2.37 bits per heavy atom. The molecule has 30 heavy (non-hydrogen) atoms. The van der Waals surface area contributed by atoms with E-state index in [1.54, 1.807) is 27.0 Å². The van der Waals surface area contributed by atoms with Gasteiger partial charge < -0.3 is 19.1 Å². The number of benzene rings is 1. The molecule has 2 aliphatic rings. The summed E-state index contributed by atoms with van der Waals surface area (Å²) in [4.78, 5) is 43.2. The molecule has 0 spiro atoms. The van der Waals surface area contributed by atoms with Crippen LogP contribution in [0.4, 0.5) is 0 Å². The average Bonchev–Trinajstić information content (AvgIpc) is 3.43. The van der Waals surface area contributed by atoms with Crippen molar-refractivity contribution in [3.63, 3.8) is 0 Å². The Kier molecular flexibility index (Phi) is 5.88. The van der Waals surface area contributed by atoms with Crippen LogP contribution in [0.3, 0.4) is 0 Å². The van der Waals surface area contributed by atoms with Crippen LogP contribution in [0.1, 0.15) is 35.0 Å². The third-order valence-corrected chi connectivity index (χ3v) is 5.98. The third-order valence-electron chi connectivity index (χ3n) is 5.98. The van der Waals surface area contributed by atoms with Gasteiger partial charge in [0, 0.05) is 44.7 Å². The monoisotopic (exact) mass is 409 g/mol. The van der Waals surface area contributed by atoms with Gasteiger partial charge in [-0.15, -0.1) is 0 Å². The maximum Gasteiger partial charge on any atom is 0.253 e. The molecule has 1 unspecified atom stereocenters. The number of piperazine rings is 1. The van der Waals surface area contributed by atoms with Gasteiger partial charge in [-0.2, -0.15) is 0 Å². The van der Waals surface area contributed by atoms with E-state index in [0.717, 1.165) is 12.2 Å². The van der Waals surface area contributed by atoms with Gasteiger partial charge in [-0.3, -0.25) is 14.4 Å². The summed E-state index contributed by atoms with van der Waals surface area (Å²) >= 11 is 0. The van der Waals surface area contributed by atoms with Crippen molar-refractivity contribution in [2.45, 2.75) is 26.3 Å². The van der Waals surface area contributed by atoms with Gasteiger partial charge in [0.1, 0.15) is 5.76 Å². The molecule has 0 saturated carbocycles. The second kappa shape index (κ2) is 8.73. The highest BCUT2D eigenvalue weighted by molar-refractivity contribution is 5.94. The summed E-state index contributed by atoms with van der Waals surface area (Å²) in [6, 6.07) is 11.3. The maximum absolute atomic E-state index is 12.9. The molecule has 0 radical (unpaired) electrons. The molecular formula is C23H27N3O4. The minimum Gasteiger partial charge on any atom is -0.467 e. The van der Waals surface area contributed by atoms with Gasteiger partial charge in [-0.1, -0.05) is 19.1 Å². The number of furan rings is 1. The molecule has 4 rings (SSSR count). The molecule has 158 valence electrons. The van der Waals surface area contributed by atoms with Crippen LogP contribution in [0.15, 0.2) is 47.1 Å². The highest BCUT2D eigenvalue weighted by atomic mass is 16.3. The maximum atomic E-state index is 12.9. The SMILES string of the molecule is CCc1ccc(C(=O)N2CCN(C(=O)C3CC(=O)N(Cc4ccco4)C3)CC2)cc1. The van der Waals surface area contributed by atoms with Gasteiger partial charge >= 0.3 is 0 Å². The van der Waals surface area contributed by atoms with Crippen molar-refractivity contribution in [1.82, 2.24) is 14.7 Å². The predicted molar refractivity (Wildman–Crippen MR) is 111 cm³/mol. The number of hydrogen-bond acceptors (Lipinski definition) is 4. The minimum absolute atomic E-state index is 0.00434. The number of nitrogens with zero attached hydrogens (tertiary/aromatic N) is 3. The van der Waals surface area contributed by atoms with E-state index in [0.29, 0.717) is 44.8 Å². The molecule has 2 aliphatic heterocycles. The van der Waals surface area contributed by atoms with Crippen molar-refractivity contribution in [3.05, 3.63) is 59.5 Å². The largest absolute Gasteiger partial charge is 0.467 e. The molecule has 3 heterocycles. The van der Waals surface area contributed by atoms with Gasteiger partial charge in [0.25, 0.3) is 5.91 Å². The van der Waals surface area contributed by atoms with Crippen LogP contribution in [-0.4, -0.2) is 65.1 Å². The Morgan fingerprint density at radius 1 is 1.03 bits per heavy atom. The van der Waals surface area contributed by atoms with E-state index < -0.39 is 0 Å². The highest BCUT2D eigenvalue weighted by Crippen LogP contribution is 2.23. The molecule has 3 amide bonds. The summed E-state index contributed by atoms with van der Waals surface area (Å²) in [5.41, 5.74) is 1.89. The number of rotatable bonds is 5. The Hall–Kier alpha value is -3.09. The van der Waals surface area contributed by atoms with Crippen molar-refractivity contribution < 1.29 is 18.8 Å². The van der Waals surface area contributed by atoms with Crippen molar-refractivity contribution in [2.75, 3.05) is 32.7 Å². The lowest BCUT2D eigenvalue weighted by Crippen LogP contribution is -2.52. The Morgan fingerprint density at radius 2 is 1.73 bits per heavy atom.